The van der Waals surface area contributed by atoms with E-state index in [-0.39, 0.29) is 29.4 Å². The Labute approximate surface area is 279 Å². The highest BCUT2D eigenvalue weighted by atomic mass is 28.3. The van der Waals surface area contributed by atoms with Gasteiger partial charge in [-0.15, -0.1) is 5.54 Å². The summed E-state index contributed by atoms with van der Waals surface area (Å²) in [5.74, 6) is 3.78. The summed E-state index contributed by atoms with van der Waals surface area (Å²) in [5, 5.41) is 2.46. The average Bonchev–Trinajstić information content (AvgIpc) is 3.32. The molecule has 7 nitrogen and oxygen atoms in total. The Morgan fingerprint density at radius 3 is 2.32 bits per heavy atom. The average molecular weight is 652 g/mol. The van der Waals surface area contributed by atoms with Gasteiger partial charge in [-0.05, 0) is 55.3 Å². The molecule has 0 unspecified atom stereocenters. The van der Waals surface area contributed by atoms with Crippen molar-refractivity contribution >= 4 is 41.7 Å². The number of likely N-dealkylation sites (tertiary alicyclic amines) is 1. The first-order valence-electron chi connectivity index (χ1n) is 16.8. The zero-order chi connectivity index (χ0) is 33.8. The second kappa shape index (κ2) is 12.2. The van der Waals surface area contributed by atoms with Gasteiger partial charge in [0.1, 0.15) is 37.0 Å². The number of pyridine rings is 1. The number of fused-ring (bicyclic) bond motifs is 3. The maximum atomic E-state index is 16.6. The number of benzene rings is 2. The maximum absolute atomic E-state index is 16.6. The van der Waals surface area contributed by atoms with E-state index in [1.807, 2.05) is 62.1 Å². The SMILES string of the molecule is CC(C)[Si](C#Cc1cccc2cccc(-c3ncc4c(N5C[C@@H]6[C@H]5CCN6C(=O)OC(C)(C)C)ncnc4c3F)c12)(C(C)C)C(C)C. The van der Waals surface area contributed by atoms with Crippen LogP contribution in [0.5, 0.6) is 0 Å². The van der Waals surface area contributed by atoms with E-state index in [0.717, 1.165) is 22.8 Å². The van der Waals surface area contributed by atoms with Gasteiger partial charge in [0.25, 0.3) is 0 Å². The summed E-state index contributed by atoms with van der Waals surface area (Å²) in [6, 6.07) is 12.1. The molecule has 4 heterocycles. The summed E-state index contributed by atoms with van der Waals surface area (Å²) in [6.07, 6.45) is 3.61. The van der Waals surface area contributed by atoms with Crippen LogP contribution in [0.4, 0.5) is 15.0 Å². The number of hydrogen-bond acceptors (Lipinski definition) is 6. The lowest BCUT2D eigenvalue weighted by Crippen LogP contribution is -2.63. The summed E-state index contributed by atoms with van der Waals surface area (Å²) in [7, 11) is -1.99. The third-order valence-electron chi connectivity index (χ3n) is 10.2. The molecule has 0 spiro atoms. The quantitative estimate of drug-likeness (QED) is 0.159. The van der Waals surface area contributed by atoms with Gasteiger partial charge in [0.15, 0.2) is 5.82 Å². The third kappa shape index (κ3) is 5.65. The Bertz CT molecular complexity index is 1880. The number of carbonyl (C=O) groups is 1. The normalized spacial score (nSPS) is 18.1. The van der Waals surface area contributed by atoms with Crippen molar-refractivity contribution in [3.63, 3.8) is 0 Å². The highest BCUT2D eigenvalue weighted by Crippen LogP contribution is 2.42. The lowest BCUT2D eigenvalue weighted by atomic mass is 9.95. The molecule has 6 rings (SSSR count). The highest BCUT2D eigenvalue weighted by molar-refractivity contribution is 6.90. The fourth-order valence-corrected chi connectivity index (χ4v) is 13.3. The second-order valence-corrected chi connectivity index (χ2v) is 20.6. The molecule has 0 radical (unpaired) electrons. The summed E-state index contributed by atoms with van der Waals surface area (Å²) in [5.41, 5.74) is 6.89. The summed E-state index contributed by atoms with van der Waals surface area (Å²) < 4.78 is 22.2. The van der Waals surface area contributed by atoms with Gasteiger partial charge in [-0.2, -0.15) is 0 Å². The van der Waals surface area contributed by atoms with Crippen LogP contribution in [0.3, 0.4) is 0 Å². The monoisotopic (exact) mass is 651 g/mol. The Hall–Kier alpha value is -4.03. The Balaban J connectivity index is 1.38. The van der Waals surface area contributed by atoms with E-state index in [1.54, 1.807) is 6.20 Å². The van der Waals surface area contributed by atoms with Crippen molar-refractivity contribution in [1.29, 1.82) is 0 Å². The number of aromatic nitrogens is 3. The number of anilines is 1. The Morgan fingerprint density at radius 1 is 0.979 bits per heavy atom. The van der Waals surface area contributed by atoms with Gasteiger partial charge in [-0.3, -0.25) is 4.98 Å². The van der Waals surface area contributed by atoms with Crippen molar-refractivity contribution < 1.29 is 13.9 Å². The molecule has 9 heteroatoms. The molecule has 2 saturated heterocycles. The number of ether oxygens (including phenoxy) is 1. The smallest absolute Gasteiger partial charge is 0.410 e. The van der Waals surface area contributed by atoms with E-state index >= 15 is 4.39 Å². The predicted molar refractivity (Wildman–Crippen MR) is 191 cm³/mol. The number of nitrogens with zero attached hydrogens (tertiary/aromatic N) is 5. The van der Waals surface area contributed by atoms with Gasteiger partial charge >= 0.3 is 6.09 Å². The maximum Gasteiger partial charge on any atom is 0.410 e. The van der Waals surface area contributed by atoms with Gasteiger partial charge in [0.05, 0.1) is 17.5 Å². The first-order valence-corrected chi connectivity index (χ1v) is 19.1. The lowest BCUT2D eigenvalue weighted by molar-refractivity contribution is 0.0193. The molecule has 2 fully saturated rings. The number of rotatable bonds is 5. The van der Waals surface area contributed by atoms with E-state index in [0.29, 0.717) is 46.5 Å². The highest BCUT2D eigenvalue weighted by Gasteiger charge is 2.50. The molecule has 0 bridgehead atoms. The van der Waals surface area contributed by atoms with Crippen molar-refractivity contribution in [2.24, 2.45) is 0 Å². The van der Waals surface area contributed by atoms with Crippen LogP contribution >= 0.6 is 0 Å². The molecule has 0 N–H and O–H groups in total. The van der Waals surface area contributed by atoms with E-state index < -0.39 is 19.5 Å². The molecule has 0 aliphatic carbocycles. The van der Waals surface area contributed by atoms with E-state index in [9.17, 15) is 4.79 Å². The standard InChI is InChI=1S/C38H46FN5O2Si/c1-23(2)47(24(3)4,25(5)6)19-17-27-13-10-12-26-14-11-15-28(32(26)27)34-33(39)35-29(20-40-34)36(42-22-41-35)44-21-31-30(44)16-18-43(31)37(45)46-38(7,8)9/h10-15,20,22-25,30-31H,16,18,21H2,1-9H3/t30-,31-/m1/s1. The molecule has 2 aromatic heterocycles. The zero-order valence-electron chi connectivity index (χ0n) is 29.1. The van der Waals surface area contributed by atoms with Crippen LogP contribution in [0.25, 0.3) is 32.9 Å². The molecule has 47 heavy (non-hydrogen) atoms. The minimum absolute atomic E-state index is 0.0334. The van der Waals surface area contributed by atoms with Gasteiger partial charge < -0.3 is 14.5 Å². The molecule has 4 aromatic rings. The van der Waals surface area contributed by atoms with Crippen molar-refractivity contribution in [3.8, 4) is 22.7 Å². The molecule has 2 aliphatic rings. The fourth-order valence-electron chi connectivity index (χ4n) is 8.06. The van der Waals surface area contributed by atoms with Crippen LogP contribution < -0.4 is 4.90 Å². The molecular weight excluding hydrogens is 606 g/mol. The topological polar surface area (TPSA) is 71.5 Å². The molecule has 2 atom stereocenters. The third-order valence-corrected chi connectivity index (χ3v) is 16.5. The lowest BCUT2D eigenvalue weighted by Gasteiger charge is -2.47. The van der Waals surface area contributed by atoms with Crippen LogP contribution in [-0.4, -0.2) is 64.8 Å². The zero-order valence-corrected chi connectivity index (χ0v) is 30.1. The van der Waals surface area contributed by atoms with Crippen LogP contribution in [0.2, 0.25) is 16.6 Å². The van der Waals surface area contributed by atoms with Crippen molar-refractivity contribution in [1.82, 2.24) is 19.9 Å². The van der Waals surface area contributed by atoms with E-state index in [1.165, 1.54) is 6.33 Å². The number of carbonyl (C=O) groups excluding carboxylic acids is 1. The van der Waals surface area contributed by atoms with Crippen LogP contribution in [0, 0.1) is 17.3 Å². The molecule has 2 aliphatic heterocycles. The van der Waals surface area contributed by atoms with Crippen LogP contribution in [0.15, 0.2) is 48.9 Å². The Kier molecular flexibility index (Phi) is 8.54. The molecule has 2 aromatic carbocycles. The van der Waals surface area contributed by atoms with Crippen LogP contribution in [0.1, 0.15) is 74.3 Å². The summed E-state index contributed by atoms with van der Waals surface area (Å²) in [6.45, 7) is 20.7. The van der Waals surface area contributed by atoms with Gasteiger partial charge in [-0.25, -0.2) is 19.2 Å². The first kappa shape index (κ1) is 32.9. The second-order valence-electron chi connectivity index (χ2n) is 15.0. The number of halogens is 1. The van der Waals surface area contributed by atoms with E-state index in [2.05, 4.69) is 67.9 Å². The van der Waals surface area contributed by atoms with Crippen molar-refractivity contribution in [3.05, 3.63) is 60.3 Å². The van der Waals surface area contributed by atoms with Gasteiger partial charge in [0, 0.05) is 35.8 Å². The predicted octanol–water partition coefficient (Wildman–Crippen LogP) is 8.75. The van der Waals surface area contributed by atoms with Crippen molar-refractivity contribution in [2.45, 2.75) is 103 Å². The molecule has 0 saturated carbocycles. The first-order chi connectivity index (χ1) is 22.2. The van der Waals surface area contributed by atoms with Gasteiger partial charge in [-0.1, -0.05) is 77.8 Å². The number of amides is 1. The minimum Gasteiger partial charge on any atom is -0.444 e. The largest absolute Gasteiger partial charge is 0.444 e. The summed E-state index contributed by atoms with van der Waals surface area (Å²) in [4.78, 5) is 30.5. The molecule has 246 valence electrons. The van der Waals surface area contributed by atoms with E-state index in [4.69, 9.17) is 9.72 Å². The molecule has 1 amide bonds. The fraction of sp³-hybridized carbons (Fsp3) is 0.474. The van der Waals surface area contributed by atoms with Crippen molar-refractivity contribution in [2.75, 3.05) is 18.0 Å². The van der Waals surface area contributed by atoms with Gasteiger partial charge in [0.2, 0.25) is 0 Å². The Morgan fingerprint density at radius 2 is 1.66 bits per heavy atom. The molecular formula is C38H46FN5O2Si. The van der Waals surface area contributed by atoms with Crippen LogP contribution in [-0.2, 0) is 4.74 Å². The summed E-state index contributed by atoms with van der Waals surface area (Å²) >= 11 is 0. The number of hydrogen-bond donors (Lipinski definition) is 0. The minimum atomic E-state index is -1.99.